The first-order valence-electron chi connectivity index (χ1n) is 11.7. The van der Waals surface area contributed by atoms with Crippen LogP contribution < -0.4 is 4.74 Å². The van der Waals surface area contributed by atoms with Gasteiger partial charge >= 0.3 is 0 Å². The van der Waals surface area contributed by atoms with E-state index in [9.17, 15) is 10.2 Å². The molecule has 0 aliphatic heterocycles. The van der Waals surface area contributed by atoms with Crippen LogP contribution in [0.3, 0.4) is 0 Å². The van der Waals surface area contributed by atoms with Crippen LogP contribution in [-0.2, 0) is 6.42 Å². The molecule has 162 valence electrons. The Balaban J connectivity index is 2.01. The summed E-state index contributed by atoms with van der Waals surface area (Å²) in [5.74, 6) is 0.743. The van der Waals surface area contributed by atoms with E-state index in [1.54, 1.807) is 0 Å². The van der Waals surface area contributed by atoms with E-state index in [4.69, 9.17) is 4.74 Å². The molecule has 0 aromatic heterocycles. The lowest BCUT2D eigenvalue weighted by atomic mass is 9.98. The Labute approximate surface area is 173 Å². The average molecular weight is 393 g/mol. The molecule has 0 unspecified atom stereocenters. The van der Waals surface area contributed by atoms with Gasteiger partial charge in [0.2, 0.25) is 0 Å². The quantitative estimate of drug-likeness (QED) is 0.210. The molecule has 0 atom stereocenters. The van der Waals surface area contributed by atoms with Crippen molar-refractivity contribution in [3.8, 4) is 17.2 Å². The van der Waals surface area contributed by atoms with Crippen LogP contribution >= 0.6 is 0 Å². The van der Waals surface area contributed by atoms with Crippen molar-refractivity contribution in [2.24, 2.45) is 0 Å². The minimum atomic E-state index is 0.183. The SMILES string of the molecule is CCCCCCCCCCCCCCCCCc1c(C)c(O)cc(OC)c1O. The van der Waals surface area contributed by atoms with Gasteiger partial charge in [-0.25, -0.2) is 0 Å². The maximum Gasteiger partial charge on any atom is 0.164 e. The third-order valence-electron chi connectivity index (χ3n) is 5.87. The van der Waals surface area contributed by atoms with E-state index >= 15 is 0 Å². The Bertz CT molecular complexity index is 525. The Kier molecular flexibility index (Phi) is 13.7. The fourth-order valence-corrected chi connectivity index (χ4v) is 3.92. The molecule has 1 aromatic rings. The van der Waals surface area contributed by atoms with Crippen molar-refractivity contribution in [1.82, 2.24) is 0 Å². The summed E-state index contributed by atoms with van der Waals surface area (Å²) in [5.41, 5.74) is 1.59. The molecule has 0 radical (unpaired) electrons. The van der Waals surface area contributed by atoms with Crippen molar-refractivity contribution < 1.29 is 14.9 Å². The van der Waals surface area contributed by atoms with Gasteiger partial charge in [0, 0.05) is 11.6 Å². The molecular formula is C25H44O3. The van der Waals surface area contributed by atoms with E-state index in [1.165, 1.54) is 103 Å². The van der Waals surface area contributed by atoms with Crippen molar-refractivity contribution in [3.63, 3.8) is 0 Å². The van der Waals surface area contributed by atoms with Crippen molar-refractivity contribution in [1.29, 1.82) is 0 Å². The lowest BCUT2D eigenvalue weighted by molar-refractivity contribution is 0.364. The highest BCUT2D eigenvalue weighted by Gasteiger charge is 2.14. The average Bonchev–Trinajstić information content (AvgIpc) is 2.69. The first kappa shape index (κ1) is 24.7. The maximum absolute atomic E-state index is 10.3. The molecule has 2 N–H and O–H groups in total. The monoisotopic (exact) mass is 392 g/mol. The highest BCUT2D eigenvalue weighted by Crippen LogP contribution is 2.38. The van der Waals surface area contributed by atoms with Gasteiger partial charge < -0.3 is 14.9 Å². The summed E-state index contributed by atoms with van der Waals surface area (Å²) in [5, 5.41) is 20.2. The second-order valence-corrected chi connectivity index (χ2v) is 8.25. The number of methoxy groups -OCH3 is 1. The summed E-state index contributed by atoms with van der Waals surface area (Å²) in [6.45, 7) is 4.13. The second kappa shape index (κ2) is 15.5. The zero-order chi connectivity index (χ0) is 20.6. The van der Waals surface area contributed by atoms with E-state index in [0.29, 0.717) is 5.75 Å². The highest BCUT2D eigenvalue weighted by molar-refractivity contribution is 5.55. The summed E-state index contributed by atoms with van der Waals surface area (Å²) in [7, 11) is 1.52. The fourth-order valence-electron chi connectivity index (χ4n) is 3.92. The van der Waals surface area contributed by atoms with E-state index < -0.39 is 0 Å². The van der Waals surface area contributed by atoms with E-state index in [-0.39, 0.29) is 11.5 Å². The van der Waals surface area contributed by atoms with Gasteiger partial charge in [-0.15, -0.1) is 0 Å². The van der Waals surface area contributed by atoms with Crippen LogP contribution in [0.25, 0.3) is 0 Å². The number of phenols is 2. The zero-order valence-corrected chi connectivity index (χ0v) is 18.7. The van der Waals surface area contributed by atoms with Crippen molar-refractivity contribution in [2.75, 3.05) is 7.11 Å². The summed E-state index contributed by atoms with van der Waals surface area (Å²) in [4.78, 5) is 0. The van der Waals surface area contributed by atoms with Gasteiger partial charge in [-0.05, 0) is 25.3 Å². The molecule has 0 heterocycles. The zero-order valence-electron chi connectivity index (χ0n) is 18.7. The van der Waals surface area contributed by atoms with Gasteiger partial charge in [0.15, 0.2) is 11.5 Å². The number of aromatic hydroxyl groups is 2. The van der Waals surface area contributed by atoms with Crippen LogP contribution in [0.4, 0.5) is 0 Å². The molecule has 0 aliphatic carbocycles. The number of phenolic OH excluding ortho intramolecular Hbond substituents is 2. The minimum Gasteiger partial charge on any atom is -0.508 e. The molecule has 28 heavy (non-hydrogen) atoms. The largest absolute Gasteiger partial charge is 0.508 e. The van der Waals surface area contributed by atoms with Gasteiger partial charge in [-0.2, -0.15) is 0 Å². The van der Waals surface area contributed by atoms with Crippen LogP contribution in [-0.4, -0.2) is 17.3 Å². The van der Waals surface area contributed by atoms with Crippen LogP contribution in [0, 0.1) is 6.92 Å². The Morgan fingerprint density at radius 3 is 1.57 bits per heavy atom. The topological polar surface area (TPSA) is 49.7 Å². The van der Waals surface area contributed by atoms with Gasteiger partial charge in [-0.3, -0.25) is 0 Å². The minimum absolute atomic E-state index is 0.183. The Morgan fingerprint density at radius 1 is 0.714 bits per heavy atom. The number of ether oxygens (including phenoxy) is 1. The Hall–Kier alpha value is -1.38. The molecule has 0 fully saturated rings. The molecule has 0 aliphatic rings. The van der Waals surface area contributed by atoms with Crippen molar-refractivity contribution >= 4 is 0 Å². The maximum atomic E-state index is 10.3. The molecule has 1 rings (SSSR count). The molecule has 3 nitrogen and oxygen atoms in total. The predicted octanol–water partition coefficient (Wildman–Crippen LogP) is 7.83. The van der Waals surface area contributed by atoms with Crippen molar-refractivity contribution in [2.45, 2.75) is 117 Å². The summed E-state index contributed by atoms with van der Waals surface area (Å²) in [6, 6.07) is 1.49. The molecule has 0 saturated heterocycles. The predicted molar refractivity (Wildman–Crippen MR) is 120 cm³/mol. The molecule has 0 amide bonds. The van der Waals surface area contributed by atoms with Gasteiger partial charge in [-0.1, -0.05) is 96.8 Å². The normalized spacial score (nSPS) is 11.1. The second-order valence-electron chi connectivity index (χ2n) is 8.25. The molecule has 0 bridgehead atoms. The number of hydrogen-bond acceptors (Lipinski definition) is 3. The van der Waals surface area contributed by atoms with Gasteiger partial charge in [0.1, 0.15) is 5.75 Å². The van der Waals surface area contributed by atoms with Crippen LogP contribution in [0.1, 0.15) is 114 Å². The standard InChI is InChI=1S/C25H44O3/c1-4-5-6-7-8-9-10-11-12-13-14-15-16-17-18-19-22-21(2)23(26)20-24(28-3)25(22)27/h20,26-27H,4-19H2,1-3H3. The third-order valence-corrected chi connectivity index (χ3v) is 5.87. The number of benzene rings is 1. The highest BCUT2D eigenvalue weighted by atomic mass is 16.5. The van der Waals surface area contributed by atoms with Gasteiger partial charge in [0.25, 0.3) is 0 Å². The van der Waals surface area contributed by atoms with Crippen LogP contribution in [0.5, 0.6) is 17.2 Å². The van der Waals surface area contributed by atoms with E-state index in [1.807, 2.05) is 6.92 Å². The summed E-state index contributed by atoms with van der Waals surface area (Å²) >= 11 is 0. The molecule has 1 aromatic carbocycles. The third kappa shape index (κ3) is 9.71. The molecule has 0 spiro atoms. The van der Waals surface area contributed by atoms with Gasteiger partial charge in [0.05, 0.1) is 7.11 Å². The summed E-state index contributed by atoms with van der Waals surface area (Å²) < 4.78 is 5.14. The number of unbranched alkanes of at least 4 members (excludes halogenated alkanes) is 14. The molecular weight excluding hydrogens is 348 g/mol. The Morgan fingerprint density at radius 2 is 1.14 bits per heavy atom. The summed E-state index contributed by atoms with van der Waals surface area (Å²) in [6.07, 6.45) is 21.0. The van der Waals surface area contributed by atoms with Crippen molar-refractivity contribution in [3.05, 3.63) is 17.2 Å². The van der Waals surface area contributed by atoms with Crippen LogP contribution in [0.15, 0.2) is 6.07 Å². The fraction of sp³-hybridized carbons (Fsp3) is 0.760. The number of rotatable bonds is 17. The van der Waals surface area contributed by atoms with E-state index in [0.717, 1.165) is 24.0 Å². The van der Waals surface area contributed by atoms with E-state index in [2.05, 4.69) is 6.92 Å². The lowest BCUT2D eigenvalue weighted by Gasteiger charge is -2.13. The molecule has 0 saturated carbocycles. The lowest BCUT2D eigenvalue weighted by Crippen LogP contribution is -1.95. The first-order chi connectivity index (χ1) is 13.6. The number of hydrogen-bond donors (Lipinski definition) is 2. The first-order valence-corrected chi connectivity index (χ1v) is 11.7. The molecule has 3 heteroatoms. The smallest absolute Gasteiger partial charge is 0.164 e. The van der Waals surface area contributed by atoms with Crippen LogP contribution in [0.2, 0.25) is 0 Å².